The Balaban J connectivity index is 1.81. The lowest BCUT2D eigenvalue weighted by molar-refractivity contribution is -0.139. The molecule has 144 valence electrons. The molecule has 0 aromatic heterocycles. The van der Waals surface area contributed by atoms with Crippen molar-refractivity contribution >= 4 is 23.4 Å². The molecule has 0 heterocycles. The Labute approximate surface area is 163 Å². The summed E-state index contributed by atoms with van der Waals surface area (Å²) in [6.45, 7) is 1.69. The van der Waals surface area contributed by atoms with Crippen LogP contribution in [0.3, 0.4) is 0 Å². The van der Waals surface area contributed by atoms with Crippen LogP contribution in [0, 0.1) is 0 Å². The predicted molar refractivity (Wildman–Crippen MR) is 104 cm³/mol. The van der Waals surface area contributed by atoms with E-state index in [9.17, 15) is 14.7 Å². The Morgan fingerprint density at radius 3 is 2.33 bits per heavy atom. The number of amides is 2. The lowest BCUT2D eigenvalue weighted by Crippen LogP contribution is -2.47. The van der Waals surface area contributed by atoms with Crippen LogP contribution in [0.2, 0.25) is 5.02 Å². The van der Waals surface area contributed by atoms with Gasteiger partial charge in [-0.15, -0.1) is 0 Å². The van der Waals surface area contributed by atoms with E-state index in [1.807, 2.05) is 12.1 Å². The van der Waals surface area contributed by atoms with Gasteiger partial charge in [0.2, 0.25) is 0 Å². The summed E-state index contributed by atoms with van der Waals surface area (Å²) < 4.78 is 5.09. The van der Waals surface area contributed by atoms with Crippen molar-refractivity contribution in [2.24, 2.45) is 0 Å². The largest absolute Gasteiger partial charge is 0.497 e. The molecule has 0 aliphatic carbocycles. The number of carbonyl (C=O) groups excluding carboxylic acids is 2. The number of rotatable bonds is 7. The van der Waals surface area contributed by atoms with Crippen LogP contribution < -0.4 is 15.4 Å². The van der Waals surface area contributed by atoms with Crippen molar-refractivity contribution in [1.29, 1.82) is 0 Å². The standard InChI is InChI=1S/C20H23ClN2O4/c1-20(26,11-14-7-9-16(27-2)10-8-14)13-23-19(25)18(24)22-12-15-5-3-4-6-17(15)21/h3-10,26H,11-13H2,1-2H3,(H,22,24)(H,23,25)/t20-/m0/s1. The minimum atomic E-state index is -1.20. The average Bonchev–Trinajstić information content (AvgIpc) is 2.65. The summed E-state index contributed by atoms with van der Waals surface area (Å²) in [6, 6.07) is 14.3. The lowest BCUT2D eigenvalue weighted by atomic mass is 9.96. The molecule has 0 radical (unpaired) electrons. The quantitative estimate of drug-likeness (QED) is 0.631. The van der Waals surface area contributed by atoms with Gasteiger partial charge in [-0.25, -0.2) is 0 Å². The Morgan fingerprint density at radius 2 is 1.70 bits per heavy atom. The molecule has 0 fully saturated rings. The molecule has 2 aromatic rings. The van der Waals surface area contributed by atoms with Crippen LogP contribution in [-0.4, -0.2) is 36.2 Å². The molecule has 6 nitrogen and oxygen atoms in total. The second-order valence-electron chi connectivity index (χ2n) is 6.48. The van der Waals surface area contributed by atoms with Gasteiger partial charge in [-0.3, -0.25) is 9.59 Å². The Morgan fingerprint density at radius 1 is 1.07 bits per heavy atom. The maximum absolute atomic E-state index is 11.9. The molecule has 2 rings (SSSR count). The summed E-state index contributed by atoms with van der Waals surface area (Å²) in [4.78, 5) is 23.9. The zero-order valence-corrected chi connectivity index (χ0v) is 16.0. The molecule has 27 heavy (non-hydrogen) atoms. The normalized spacial score (nSPS) is 12.7. The van der Waals surface area contributed by atoms with E-state index in [1.54, 1.807) is 50.4 Å². The summed E-state index contributed by atoms with van der Waals surface area (Å²) in [6.07, 6.45) is 0.318. The van der Waals surface area contributed by atoms with Crippen LogP contribution in [-0.2, 0) is 22.6 Å². The number of carbonyl (C=O) groups is 2. The summed E-state index contributed by atoms with van der Waals surface area (Å²) in [5.74, 6) is -0.867. The maximum Gasteiger partial charge on any atom is 0.309 e. The third-order valence-corrected chi connectivity index (χ3v) is 4.35. The van der Waals surface area contributed by atoms with Gasteiger partial charge < -0.3 is 20.5 Å². The second-order valence-corrected chi connectivity index (χ2v) is 6.89. The molecule has 0 saturated carbocycles. The highest BCUT2D eigenvalue weighted by atomic mass is 35.5. The van der Waals surface area contributed by atoms with Gasteiger partial charge in [0.1, 0.15) is 5.75 Å². The van der Waals surface area contributed by atoms with Crippen molar-refractivity contribution in [1.82, 2.24) is 10.6 Å². The van der Waals surface area contributed by atoms with Crippen LogP contribution in [0.4, 0.5) is 0 Å². The molecule has 0 bridgehead atoms. The molecule has 0 aliphatic rings. The Bertz CT molecular complexity index is 791. The Kier molecular flexibility index (Phi) is 7.21. The number of aliphatic hydroxyl groups is 1. The first kappa shape index (κ1) is 20.7. The van der Waals surface area contributed by atoms with Gasteiger partial charge in [0, 0.05) is 24.5 Å². The molecular weight excluding hydrogens is 368 g/mol. The molecule has 1 atom stereocenters. The minimum absolute atomic E-state index is 0.0582. The fourth-order valence-electron chi connectivity index (χ4n) is 2.49. The van der Waals surface area contributed by atoms with Crippen LogP contribution in [0.15, 0.2) is 48.5 Å². The van der Waals surface area contributed by atoms with Crippen LogP contribution in [0.25, 0.3) is 0 Å². The number of methoxy groups -OCH3 is 1. The second kappa shape index (κ2) is 9.39. The number of hydrogen-bond acceptors (Lipinski definition) is 4. The van der Waals surface area contributed by atoms with Gasteiger partial charge in [-0.05, 0) is 36.2 Å². The van der Waals surface area contributed by atoms with Crippen LogP contribution >= 0.6 is 11.6 Å². The average molecular weight is 391 g/mol. The van der Waals surface area contributed by atoms with Crippen molar-refractivity contribution in [3.63, 3.8) is 0 Å². The monoisotopic (exact) mass is 390 g/mol. The van der Waals surface area contributed by atoms with Crippen LogP contribution in [0.5, 0.6) is 5.75 Å². The first-order valence-electron chi connectivity index (χ1n) is 8.45. The van der Waals surface area contributed by atoms with Crippen molar-refractivity contribution in [2.45, 2.75) is 25.5 Å². The minimum Gasteiger partial charge on any atom is -0.497 e. The molecule has 0 unspecified atom stereocenters. The van der Waals surface area contributed by atoms with Crippen molar-refractivity contribution < 1.29 is 19.4 Å². The van der Waals surface area contributed by atoms with Gasteiger partial charge in [-0.1, -0.05) is 41.9 Å². The molecule has 2 amide bonds. The highest BCUT2D eigenvalue weighted by molar-refractivity contribution is 6.35. The highest BCUT2D eigenvalue weighted by Gasteiger charge is 2.24. The highest BCUT2D eigenvalue weighted by Crippen LogP contribution is 2.17. The zero-order chi connectivity index (χ0) is 19.9. The number of hydrogen-bond donors (Lipinski definition) is 3. The topological polar surface area (TPSA) is 87.7 Å². The molecule has 3 N–H and O–H groups in total. The molecular formula is C20H23ClN2O4. The first-order valence-corrected chi connectivity index (χ1v) is 8.83. The van der Waals surface area contributed by atoms with E-state index in [0.29, 0.717) is 17.0 Å². The van der Waals surface area contributed by atoms with Gasteiger partial charge in [0.25, 0.3) is 0 Å². The van der Waals surface area contributed by atoms with E-state index in [2.05, 4.69) is 10.6 Å². The summed E-state index contributed by atoms with van der Waals surface area (Å²) in [5, 5.41) is 16.0. The Hall–Kier alpha value is -2.57. The van der Waals surface area contributed by atoms with Crippen molar-refractivity contribution in [3.8, 4) is 5.75 Å². The molecule has 0 aliphatic heterocycles. The van der Waals surface area contributed by atoms with E-state index in [4.69, 9.17) is 16.3 Å². The molecule has 7 heteroatoms. The van der Waals surface area contributed by atoms with E-state index >= 15 is 0 Å². The fourth-order valence-corrected chi connectivity index (χ4v) is 2.70. The maximum atomic E-state index is 11.9. The fraction of sp³-hybridized carbons (Fsp3) is 0.300. The smallest absolute Gasteiger partial charge is 0.309 e. The van der Waals surface area contributed by atoms with E-state index in [-0.39, 0.29) is 13.1 Å². The summed E-state index contributed by atoms with van der Waals surface area (Å²) in [5.41, 5.74) is 0.401. The van der Waals surface area contributed by atoms with Gasteiger partial charge in [-0.2, -0.15) is 0 Å². The van der Waals surface area contributed by atoms with E-state index < -0.39 is 17.4 Å². The zero-order valence-electron chi connectivity index (χ0n) is 15.3. The molecule has 0 spiro atoms. The SMILES string of the molecule is COc1ccc(C[C@](C)(O)CNC(=O)C(=O)NCc2ccccc2Cl)cc1. The number of nitrogens with one attached hydrogen (secondary N) is 2. The van der Waals surface area contributed by atoms with Gasteiger partial charge in [0.05, 0.1) is 12.7 Å². The summed E-state index contributed by atoms with van der Waals surface area (Å²) >= 11 is 6.01. The third-order valence-electron chi connectivity index (χ3n) is 3.98. The first-order chi connectivity index (χ1) is 12.8. The van der Waals surface area contributed by atoms with Gasteiger partial charge in [0.15, 0.2) is 0 Å². The molecule has 0 saturated heterocycles. The van der Waals surface area contributed by atoms with Crippen LogP contribution in [0.1, 0.15) is 18.1 Å². The van der Waals surface area contributed by atoms with E-state index in [0.717, 1.165) is 11.3 Å². The summed E-state index contributed by atoms with van der Waals surface area (Å²) in [7, 11) is 1.58. The third kappa shape index (κ3) is 6.58. The van der Waals surface area contributed by atoms with Gasteiger partial charge >= 0.3 is 11.8 Å². The predicted octanol–water partition coefficient (Wildman–Crippen LogP) is 2.07. The van der Waals surface area contributed by atoms with E-state index in [1.165, 1.54) is 0 Å². The number of benzene rings is 2. The molecule has 2 aromatic carbocycles. The lowest BCUT2D eigenvalue weighted by Gasteiger charge is -2.23. The number of halogens is 1. The van der Waals surface area contributed by atoms with Crippen molar-refractivity contribution in [2.75, 3.05) is 13.7 Å². The van der Waals surface area contributed by atoms with Crippen molar-refractivity contribution in [3.05, 3.63) is 64.7 Å². The number of ether oxygens (including phenoxy) is 1.